The molecule has 0 aromatic heterocycles. The third-order valence-corrected chi connectivity index (χ3v) is 2.62. The highest BCUT2D eigenvalue weighted by Gasteiger charge is 1.85. The summed E-state index contributed by atoms with van der Waals surface area (Å²) in [5.74, 6) is 0. The van der Waals surface area contributed by atoms with Gasteiger partial charge in [-0.05, 0) is 43.2 Å². The molecule has 0 fully saturated rings. The summed E-state index contributed by atoms with van der Waals surface area (Å²) in [4.78, 5) is 0. The second-order valence-corrected chi connectivity index (χ2v) is 4.32. The van der Waals surface area contributed by atoms with Gasteiger partial charge in [0, 0.05) is 0 Å². The summed E-state index contributed by atoms with van der Waals surface area (Å²) in [6.07, 6.45) is 2.13. The first-order valence-corrected chi connectivity index (χ1v) is 5.65. The van der Waals surface area contributed by atoms with Gasteiger partial charge in [-0.15, -0.1) is 11.8 Å². The summed E-state index contributed by atoms with van der Waals surface area (Å²) in [6.45, 7) is 6.31. The van der Waals surface area contributed by atoms with Crippen LogP contribution >= 0.6 is 11.8 Å². The molecule has 0 saturated carbocycles. The van der Waals surface area contributed by atoms with Crippen molar-refractivity contribution in [2.24, 2.45) is 0 Å². The first-order valence-electron chi connectivity index (χ1n) is 4.70. The van der Waals surface area contributed by atoms with Crippen molar-refractivity contribution in [3.8, 4) is 0 Å². The Morgan fingerprint density at radius 3 is 2.36 bits per heavy atom. The van der Waals surface area contributed by atoms with E-state index in [-0.39, 0.29) is 0 Å². The van der Waals surface area contributed by atoms with Gasteiger partial charge in [-0.1, -0.05) is 35.4 Å². The third-order valence-electron chi connectivity index (χ3n) is 1.72. The fraction of sp³-hybridized carbons (Fsp3) is 0.231. The molecule has 0 amide bonds. The van der Waals surface area contributed by atoms with E-state index in [1.54, 1.807) is 11.8 Å². The van der Waals surface area contributed by atoms with Crippen LogP contribution in [0.15, 0.2) is 40.7 Å². The Balaban J connectivity index is 2.52. The summed E-state index contributed by atoms with van der Waals surface area (Å²) < 4.78 is 0. The van der Waals surface area contributed by atoms with Crippen LogP contribution in [0.3, 0.4) is 0 Å². The highest BCUT2D eigenvalue weighted by atomic mass is 32.2. The molecule has 0 saturated heterocycles. The van der Waals surface area contributed by atoms with Crippen molar-refractivity contribution in [3.63, 3.8) is 0 Å². The van der Waals surface area contributed by atoms with E-state index in [1.165, 1.54) is 16.7 Å². The van der Waals surface area contributed by atoms with E-state index in [1.807, 2.05) is 0 Å². The number of hydrogen-bond donors (Lipinski definition) is 0. The Morgan fingerprint density at radius 1 is 1.14 bits per heavy atom. The maximum atomic E-state index is 2.14. The van der Waals surface area contributed by atoms with Crippen molar-refractivity contribution in [1.82, 2.24) is 0 Å². The SMILES string of the molecule is CC(C)=CSC=Cc1ccc(C)cc1. The minimum absolute atomic E-state index is 1.25. The zero-order valence-electron chi connectivity index (χ0n) is 8.95. The van der Waals surface area contributed by atoms with Gasteiger partial charge in [0.25, 0.3) is 0 Å². The third kappa shape index (κ3) is 4.33. The average molecular weight is 204 g/mol. The molecule has 74 valence electrons. The molecule has 0 atom stereocenters. The van der Waals surface area contributed by atoms with Crippen molar-refractivity contribution in [1.29, 1.82) is 0 Å². The number of aryl methyl sites for hydroxylation is 1. The Labute approximate surface area is 90.7 Å². The normalized spacial score (nSPS) is 10.5. The van der Waals surface area contributed by atoms with Crippen molar-refractivity contribution in [3.05, 3.63) is 51.8 Å². The van der Waals surface area contributed by atoms with Crippen LogP contribution < -0.4 is 0 Å². The second-order valence-electron chi connectivity index (χ2n) is 3.54. The number of rotatable bonds is 3. The van der Waals surface area contributed by atoms with Crippen LogP contribution in [0.4, 0.5) is 0 Å². The molecule has 0 N–H and O–H groups in total. The molecular weight excluding hydrogens is 188 g/mol. The lowest BCUT2D eigenvalue weighted by atomic mass is 10.2. The van der Waals surface area contributed by atoms with Crippen LogP contribution in [0.1, 0.15) is 25.0 Å². The smallest absolute Gasteiger partial charge is 0.0242 e. The van der Waals surface area contributed by atoms with E-state index in [2.05, 4.69) is 61.9 Å². The summed E-state index contributed by atoms with van der Waals surface area (Å²) in [5.41, 5.74) is 3.90. The molecule has 0 aliphatic rings. The summed E-state index contributed by atoms with van der Waals surface area (Å²) in [7, 11) is 0. The molecule has 1 rings (SSSR count). The first kappa shape index (κ1) is 11.1. The lowest BCUT2D eigenvalue weighted by Gasteiger charge is -1.93. The highest BCUT2D eigenvalue weighted by Crippen LogP contribution is 2.12. The van der Waals surface area contributed by atoms with E-state index in [0.717, 1.165) is 0 Å². The van der Waals surface area contributed by atoms with E-state index < -0.39 is 0 Å². The Hall–Kier alpha value is -0.950. The van der Waals surface area contributed by atoms with Crippen molar-refractivity contribution in [2.45, 2.75) is 20.8 Å². The first-order chi connectivity index (χ1) is 6.68. The highest BCUT2D eigenvalue weighted by molar-refractivity contribution is 8.05. The van der Waals surface area contributed by atoms with Crippen molar-refractivity contribution >= 4 is 17.8 Å². The van der Waals surface area contributed by atoms with Gasteiger partial charge in [-0.25, -0.2) is 0 Å². The molecule has 1 aromatic carbocycles. The van der Waals surface area contributed by atoms with E-state index in [0.29, 0.717) is 0 Å². The number of allylic oxidation sites excluding steroid dienone is 1. The van der Waals surface area contributed by atoms with Crippen LogP contribution in [-0.2, 0) is 0 Å². The Morgan fingerprint density at radius 2 is 1.79 bits per heavy atom. The fourth-order valence-corrected chi connectivity index (χ4v) is 1.56. The Kier molecular flexibility index (Phi) is 4.54. The molecule has 14 heavy (non-hydrogen) atoms. The largest absolute Gasteiger partial charge is 0.106 e. The average Bonchev–Trinajstić information content (AvgIpc) is 2.15. The molecular formula is C13H16S. The van der Waals surface area contributed by atoms with Gasteiger partial charge in [0.05, 0.1) is 0 Å². The molecule has 0 heterocycles. The van der Waals surface area contributed by atoms with Crippen LogP contribution in [0.5, 0.6) is 0 Å². The van der Waals surface area contributed by atoms with Gasteiger partial charge in [0.15, 0.2) is 0 Å². The summed E-state index contributed by atoms with van der Waals surface area (Å²) in [5, 5.41) is 4.25. The van der Waals surface area contributed by atoms with Gasteiger partial charge in [-0.3, -0.25) is 0 Å². The molecule has 1 aromatic rings. The van der Waals surface area contributed by atoms with Gasteiger partial charge in [0.2, 0.25) is 0 Å². The minimum Gasteiger partial charge on any atom is -0.106 e. The molecule has 1 heteroatoms. The lowest BCUT2D eigenvalue weighted by molar-refractivity contribution is 1.42. The topological polar surface area (TPSA) is 0 Å². The standard InChI is InChI=1S/C13H16S/c1-11(2)10-14-9-8-13-6-4-12(3)5-7-13/h4-10H,1-3H3. The van der Waals surface area contributed by atoms with Crippen molar-refractivity contribution < 1.29 is 0 Å². The molecule has 0 unspecified atom stereocenters. The molecule has 0 radical (unpaired) electrons. The fourth-order valence-electron chi connectivity index (χ4n) is 0.971. The van der Waals surface area contributed by atoms with Gasteiger partial charge < -0.3 is 0 Å². The second kappa shape index (κ2) is 5.71. The van der Waals surface area contributed by atoms with E-state index >= 15 is 0 Å². The van der Waals surface area contributed by atoms with Crippen LogP contribution in [0.2, 0.25) is 0 Å². The predicted molar refractivity (Wildman–Crippen MR) is 67.2 cm³/mol. The number of hydrogen-bond acceptors (Lipinski definition) is 1. The van der Waals surface area contributed by atoms with E-state index in [9.17, 15) is 0 Å². The Bertz CT molecular complexity index is 327. The van der Waals surface area contributed by atoms with Crippen molar-refractivity contribution in [2.75, 3.05) is 0 Å². The monoisotopic (exact) mass is 204 g/mol. The summed E-state index contributed by atoms with van der Waals surface area (Å²) >= 11 is 1.72. The molecule has 0 bridgehead atoms. The van der Waals surface area contributed by atoms with Gasteiger partial charge in [0.1, 0.15) is 0 Å². The number of thioether (sulfide) groups is 1. The van der Waals surface area contributed by atoms with Gasteiger partial charge >= 0.3 is 0 Å². The zero-order chi connectivity index (χ0) is 10.4. The maximum absolute atomic E-state index is 2.14. The predicted octanol–water partition coefficient (Wildman–Crippen LogP) is 4.62. The quantitative estimate of drug-likeness (QED) is 0.692. The summed E-state index contributed by atoms with van der Waals surface area (Å²) in [6, 6.07) is 8.53. The molecule has 0 aliphatic heterocycles. The number of benzene rings is 1. The lowest BCUT2D eigenvalue weighted by Crippen LogP contribution is -1.72. The molecule has 0 nitrogen and oxygen atoms in total. The van der Waals surface area contributed by atoms with Crippen LogP contribution in [0.25, 0.3) is 6.08 Å². The van der Waals surface area contributed by atoms with Crippen LogP contribution in [-0.4, -0.2) is 0 Å². The van der Waals surface area contributed by atoms with E-state index in [4.69, 9.17) is 0 Å². The minimum atomic E-state index is 1.25. The molecule has 0 aliphatic carbocycles. The van der Waals surface area contributed by atoms with Gasteiger partial charge in [-0.2, -0.15) is 0 Å². The zero-order valence-corrected chi connectivity index (χ0v) is 9.77. The van der Waals surface area contributed by atoms with Crippen LogP contribution in [0, 0.1) is 6.92 Å². The molecule has 0 spiro atoms. The maximum Gasteiger partial charge on any atom is -0.0242 e.